The highest BCUT2D eigenvalue weighted by Gasteiger charge is 2.30. The molecule has 0 aliphatic rings. The van der Waals surface area contributed by atoms with E-state index in [-0.39, 0.29) is 26.8 Å². The maximum Gasteiger partial charge on any atom is 0.212 e. The molecule has 0 radical (unpaired) electrons. The molecule has 0 fully saturated rings. The summed E-state index contributed by atoms with van der Waals surface area (Å²) in [4.78, 5) is 9.31. The molecule has 0 unspecified atom stereocenters. The molecule has 0 aliphatic heterocycles. The van der Waals surface area contributed by atoms with E-state index in [0.717, 1.165) is 16.7 Å². The zero-order chi connectivity index (χ0) is 23.2. The molecule has 164 valence electrons. The highest BCUT2D eigenvalue weighted by molar-refractivity contribution is 7.92. The van der Waals surface area contributed by atoms with E-state index >= 15 is 0 Å². The quantitative estimate of drug-likeness (QED) is 0.402. The molecule has 0 saturated carbocycles. The van der Waals surface area contributed by atoms with Gasteiger partial charge in [0.2, 0.25) is 9.84 Å². The van der Waals surface area contributed by atoms with Crippen LogP contribution in [-0.4, -0.2) is 29.3 Å². The Labute approximate surface area is 191 Å². The normalized spacial score (nSPS) is 12.2. The Kier molecular flexibility index (Phi) is 4.94. The number of nitrogens with two attached hydrogens (primary N) is 1. The van der Waals surface area contributed by atoms with Crippen LogP contribution >= 0.6 is 0 Å². The lowest BCUT2D eigenvalue weighted by Crippen LogP contribution is -2.06. The first kappa shape index (κ1) is 20.8. The number of nitrogens with zero attached hydrogens (tertiary/aromatic N) is 4. The van der Waals surface area contributed by atoms with Gasteiger partial charge in [0, 0.05) is 0 Å². The van der Waals surface area contributed by atoms with Crippen LogP contribution in [0, 0.1) is 13.8 Å². The Morgan fingerprint density at radius 1 is 0.848 bits per heavy atom. The number of sulfone groups is 1. The van der Waals surface area contributed by atoms with Crippen molar-refractivity contribution in [1.82, 2.24) is 14.6 Å². The van der Waals surface area contributed by atoms with Crippen LogP contribution in [-0.2, 0) is 9.84 Å². The molecule has 0 spiro atoms. The van der Waals surface area contributed by atoms with Gasteiger partial charge in [0.05, 0.1) is 22.1 Å². The van der Waals surface area contributed by atoms with Gasteiger partial charge >= 0.3 is 0 Å². The Morgan fingerprint density at radius 2 is 1.42 bits per heavy atom. The Balaban J connectivity index is 1.78. The largest absolute Gasteiger partial charge is 0.382 e. The fourth-order valence-corrected chi connectivity index (χ4v) is 5.10. The maximum atomic E-state index is 13.6. The maximum absolute atomic E-state index is 13.6. The second-order valence-corrected chi connectivity index (χ2v) is 9.77. The fourth-order valence-electron chi connectivity index (χ4n) is 3.62. The second-order valence-electron chi connectivity index (χ2n) is 7.88. The van der Waals surface area contributed by atoms with Gasteiger partial charge < -0.3 is 5.73 Å². The molecule has 3 aromatic carbocycles. The van der Waals surface area contributed by atoms with Crippen LogP contribution in [0.5, 0.6) is 0 Å². The van der Waals surface area contributed by atoms with Crippen LogP contribution in [0.1, 0.15) is 16.7 Å². The molecule has 0 saturated heterocycles. The molecule has 2 aromatic heterocycles. The van der Waals surface area contributed by atoms with Crippen molar-refractivity contribution in [3.05, 3.63) is 89.5 Å². The first-order valence-electron chi connectivity index (χ1n) is 10.3. The molecule has 5 aromatic rings. The van der Waals surface area contributed by atoms with Crippen molar-refractivity contribution >= 4 is 44.1 Å². The predicted octanol–water partition coefficient (Wildman–Crippen LogP) is 4.50. The number of hydrogen-bond donors (Lipinski definition) is 1. The summed E-state index contributed by atoms with van der Waals surface area (Å²) in [6.07, 6.45) is 1.62. The van der Waals surface area contributed by atoms with Crippen molar-refractivity contribution in [1.29, 1.82) is 0 Å². The highest BCUT2D eigenvalue weighted by Crippen LogP contribution is 2.35. The lowest BCUT2D eigenvalue weighted by atomic mass is 10.2. The van der Waals surface area contributed by atoms with Gasteiger partial charge in [-0.1, -0.05) is 59.7 Å². The van der Waals surface area contributed by atoms with Crippen molar-refractivity contribution in [3.63, 3.8) is 0 Å². The molecule has 0 bridgehead atoms. The third-order valence-electron chi connectivity index (χ3n) is 5.43. The molecule has 2 heterocycles. The molecule has 8 heteroatoms. The number of hydrogen-bond acceptors (Lipinski definition) is 6. The minimum atomic E-state index is -3.97. The van der Waals surface area contributed by atoms with Crippen molar-refractivity contribution in [3.8, 4) is 0 Å². The summed E-state index contributed by atoms with van der Waals surface area (Å²) in [6.45, 7) is 3.90. The van der Waals surface area contributed by atoms with Crippen LogP contribution in [0.4, 0.5) is 5.82 Å². The lowest BCUT2D eigenvalue weighted by Gasteiger charge is -2.05. The minimum absolute atomic E-state index is 0.0377. The van der Waals surface area contributed by atoms with E-state index in [1.807, 2.05) is 56.3 Å². The van der Waals surface area contributed by atoms with E-state index < -0.39 is 9.84 Å². The topological polar surface area (TPSA) is 103 Å². The van der Waals surface area contributed by atoms with Crippen molar-refractivity contribution in [2.75, 3.05) is 5.73 Å². The summed E-state index contributed by atoms with van der Waals surface area (Å²) in [6, 6.07) is 21.7. The third kappa shape index (κ3) is 3.64. The van der Waals surface area contributed by atoms with Crippen LogP contribution in [0.3, 0.4) is 0 Å². The lowest BCUT2D eigenvalue weighted by molar-refractivity contribution is 0.597. The van der Waals surface area contributed by atoms with Gasteiger partial charge in [-0.15, -0.1) is 0 Å². The van der Waals surface area contributed by atoms with Gasteiger partial charge in [0.1, 0.15) is 16.2 Å². The van der Waals surface area contributed by atoms with Gasteiger partial charge in [-0.3, -0.25) is 0 Å². The van der Waals surface area contributed by atoms with E-state index in [1.165, 1.54) is 4.68 Å². The van der Waals surface area contributed by atoms with Gasteiger partial charge in [0.25, 0.3) is 0 Å². The number of fused-ring (bicyclic) bond motifs is 2. The summed E-state index contributed by atoms with van der Waals surface area (Å²) < 4.78 is 28.6. The predicted molar refractivity (Wildman–Crippen MR) is 130 cm³/mol. The average Bonchev–Trinajstić information content (AvgIpc) is 3.08. The summed E-state index contributed by atoms with van der Waals surface area (Å²) in [5.41, 5.74) is 11.0. The number of anilines is 1. The van der Waals surface area contributed by atoms with Crippen LogP contribution < -0.4 is 5.73 Å². The number of para-hydroxylation sites is 2. The van der Waals surface area contributed by atoms with Crippen LogP contribution in [0.2, 0.25) is 0 Å². The van der Waals surface area contributed by atoms with Gasteiger partial charge in [-0.25, -0.2) is 18.4 Å². The van der Waals surface area contributed by atoms with Gasteiger partial charge in [-0.05, 0) is 43.7 Å². The van der Waals surface area contributed by atoms with Crippen LogP contribution in [0.15, 0.2) is 87.7 Å². The monoisotopic (exact) mass is 455 g/mol. The molecular weight excluding hydrogens is 434 g/mol. The third-order valence-corrected chi connectivity index (χ3v) is 7.26. The summed E-state index contributed by atoms with van der Waals surface area (Å²) in [5.74, 6) is -0.0377. The Hall–Kier alpha value is -4.04. The highest BCUT2D eigenvalue weighted by atomic mass is 32.2. The minimum Gasteiger partial charge on any atom is -0.382 e. The van der Waals surface area contributed by atoms with Gasteiger partial charge in [-0.2, -0.15) is 9.78 Å². The van der Waals surface area contributed by atoms with E-state index in [1.54, 1.807) is 36.5 Å². The number of rotatable bonds is 4. The van der Waals surface area contributed by atoms with Crippen molar-refractivity contribution in [2.24, 2.45) is 5.10 Å². The summed E-state index contributed by atoms with van der Waals surface area (Å²) in [7, 11) is -3.97. The molecule has 33 heavy (non-hydrogen) atoms. The number of benzene rings is 3. The molecule has 0 aliphatic carbocycles. The number of nitrogen functional groups attached to an aromatic ring is 1. The van der Waals surface area contributed by atoms with E-state index in [2.05, 4.69) is 15.1 Å². The first-order valence-corrected chi connectivity index (χ1v) is 11.8. The Bertz CT molecular complexity index is 1640. The first-order chi connectivity index (χ1) is 15.8. The second kappa shape index (κ2) is 7.83. The summed E-state index contributed by atoms with van der Waals surface area (Å²) in [5, 5.41) is 4.48. The zero-order valence-corrected chi connectivity index (χ0v) is 18.9. The van der Waals surface area contributed by atoms with Crippen LogP contribution in [0.25, 0.3) is 22.2 Å². The molecule has 0 amide bonds. The van der Waals surface area contributed by atoms with Crippen molar-refractivity contribution in [2.45, 2.75) is 23.6 Å². The molecule has 0 atom stereocenters. The zero-order valence-electron chi connectivity index (χ0n) is 18.1. The van der Waals surface area contributed by atoms with Gasteiger partial charge in [0.15, 0.2) is 5.65 Å². The van der Waals surface area contributed by atoms with E-state index in [4.69, 9.17) is 5.73 Å². The standard InChI is InChI=1S/C25H21N5O2S/c1-16-7-11-18(12-8-16)15-27-30-24(26)23(33(31,32)19-13-9-17(2)10-14-19)22-25(30)29-21-6-4-3-5-20(21)28-22/h3-15H,26H2,1-2H3/b27-15+. The summed E-state index contributed by atoms with van der Waals surface area (Å²) >= 11 is 0. The molecule has 5 rings (SSSR count). The molecular formula is C25H21N5O2S. The van der Waals surface area contributed by atoms with Crippen molar-refractivity contribution < 1.29 is 8.42 Å². The SMILES string of the molecule is Cc1ccc(/C=N/n2c(N)c(S(=O)(=O)c3ccc(C)cc3)c3nc4ccccc4nc32)cc1. The Morgan fingerprint density at radius 3 is 2.06 bits per heavy atom. The smallest absolute Gasteiger partial charge is 0.212 e. The molecule has 7 nitrogen and oxygen atoms in total. The number of aryl methyl sites for hydroxylation is 2. The fraction of sp³-hybridized carbons (Fsp3) is 0.0800. The number of aromatic nitrogens is 3. The van der Waals surface area contributed by atoms with E-state index in [0.29, 0.717) is 11.0 Å². The average molecular weight is 456 g/mol. The molecule has 2 N–H and O–H groups in total. The van der Waals surface area contributed by atoms with E-state index in [9.17, 15) is 8.42 Å².